The molecular formula is C12H18N4. The Kier molecular flexibility index (Phi) is 3.08. The van der Waals surface area contributed by atoms with Crippen molar-refractivity contribution in [1.29, 1.82) is 0 Å². The van der Waals surface area contributed by atoms with Gasteiger partial charge in [-0.25, -0.2) is 0 Å². The number of rotatable bonds is 4. The predicted octanol–water partition coefficient (Wildman–Crippen LogP) is 2.41. The predicted molar refractivity (Wildman–Crippen MR) is 63.3 cm³/mol. The van der Waals surface area contributed by atoms with E-state index in [1.54, 1.807) is 0 Å². The molecule has 0 fully saturated rings. The fraction of sp³-hybridized carbons (Fsp3) is 0.500. The van der Waals surface area contributed by atoms with E-state index in [0.29, 0.717) is 6.04 Å². The van der Waals surface area contributed by atoms with Crippen molar-refractivity contribution in [3.8, 4) is 0 Å². The summed E-state index contributed by atoms with van der Waals surface area (Å²) in [5, 5.41) is 8.89. The van der Waals surface area contributed by atoms with E-state index in [9.17, 15) is 0 Å². The second kappa shape index (κ2) is 4.51. The van der Waals surface area contributed by atoms with Crippen LogP contribution in [0.2, 0.25) is 0 Å². The number of aromatic nitrogens is 4. The largest absolute Gasteiger partial charge is 0.270 e. The van der Waals surface area contributed by atoms with Gasteiger partial charge in [-0.1, -0.05) is 6.92 Å². The summed E-state index contributed by atoms with van der Waals surface area (Å²) >= 11 is 0. The van der Waals surface area contributed by atoms with Crippen molar-refractivity contribution < 1.29 is 0 Å². The number of aryl methyl sites for hydroxylation is 1. The summed E-state index contributed by atoms with van der Waals surface area (Å²) in [6.45, 7) is 7.09. The fourth-order valence-electron chi connectivity index (χ4n) is 1.61. The van der Waals surface area contributed by atoms with Gasteiger partial charge < -0.3 is 0 Å². The first-order valence-electron chi connectivity index (χ1n) is 5.73. The molecule has 1 unspecified atom stereocenters. The first-order chi connectivity index (χ1) is 7.69. The monoisotopic (exact) mass is 218 g/mol. The van der Waals surface area contributed by atoms with E-state index in [-0.39, 0.29) is 0 Å². The normalized spacial score (nSPS) is 12.9. The Balaban J connectivity index is 2.08. The molecule has 86 valence electrons. The van der Waals surface area contributed by atoms with E-state index in [1.165, 1.54) is 0 Å². The maximum Gasteiger partial charge on any atom is 0.0849 e. The molecule has 0 spiro atoms. The number of hydrogen-bond donors (Lipinski definition) is 0. The highest BCUT2D eigenvalue weighted by atomic mass is 15.3. The van der Waals surface area contributed by atoms with Crippen LogP contribution in [-0.4, -0.2) is 19.6 Å². The third kappa shape index (κ3) is 2.32. The Hall–Kier alpha value is -1.58. The first-order valence-corrected chi connectivity index (χ1v) is 5.73. The first kappa shape index (κ1) is 10.9. The van der Waals surface area contributed by atoms with Crippen LogP contribution in [0.3, 0.4) is 0 Å². The lowest BCUT2D eigenvalue weighted by Crippen LogP contribution is -2.06. The van der Waals surface area contributed by atoms with Crippen LogP contribution in [0.25, 0.3) is 0 Å². The summed E-state index contributed by atoms with van der Waals surface area (Å²) in [6.07, 6.45) is 5.12. The molecule has 0 N–H and O–H groups in total. The maximum atomic E-state index is 4.54. The smallest absolute Gasteiger partial charge is 0.0849 e. The third-order valence-corrected chi connectivity index (χ3v) is 2.80. The fourth-order valence-corrected chi connectivity index (χ4v) is 1.61. The van der Waals surface area contributed by atoms with E-state index in [1.807, 2.05) is 34.7 Å². The van der Waals surface area contributed by atoms with Gasteiger partial charge in [0.15, 0.2) is 0 Å². The minimum absolute atomic E-state index is 0.466. The lowest BCUT2D eigenvalue weighted by Gasteiger charge is -2.08. The van der Waals surface area contributed by atoms with E-state index in [2.05, 4.69) is 30.1 Å². The van der Waals surface area contributed by atoms with Crippen molar-refractivity contribution in [3.05, 3.63) is 35.9 Å². The Bertz CT molecular complexity index is 455. The second-order valence-electron chi connectivity index (χ2n) is 4.20. The topological polar surface area (TPSA) is 35.6 Å². The van der Waals surface area contributed by atoms with Crippen LogP contribution >= 0.6 is 0 Å². The molecular weight excluding hydrogens is 200 g/mol. The average Bonchev–Trinajstić information content (AvgIpc) is 2.87. The molecule has 2 heterocycles. The minimum Gasteiger partial charge on any atom is -0.270 e. The SMILES string of the molecule is CCC(C)n1ccc(Cn2ccc(C)n2)n1. The van der Waals surface area contributed by atoms with Crippen LogP contribution in [0.15, 0.2) is 24.5 Å². The van der Waals surface area contributed by atoms with Gasteiger partial charge in [0, 0.05) is 18.4 Å². The highest BCUT2D eigenvalue weighted by Gasteiger charge is 2.05. The Morgan fingerprint density at radius 1 is 1.25 bits per heavy atom. The lowest BCUT2D eigenvalue weighted by atomic mass is 10.3. The summed E-state index contributed by atoms with van der Waals surface area (Å²) in [7, 11) is 0. The van der Waals surface area contributed by atoms with Crippen molar-refractivity contribution in [2.75, 3.05) is 0 Å². The maximum absolute atomic E-state index is 4.54. The summed E-state index contributed by atoms with van der Waals surface area (Å²) in [5.41, 5.74) is 2.10. The Labute approximate surface area is 95.9 Å². The van der Waals surface area contributed by atoms with Gasteiger partial charge in [0.1, 0.15) is 0 Å². The minimum atomic E-state index is 0.466. The zero-order valence-electron chi connectivity index (χ0n) is 10.1. The molecule has 0 aliphatic rings. The van der Waals surface area contributed by atoms with Crippen molar-refractivity contribution in [2.45, 2.75) is 39.8 Å². The summed E-state index contributed by atoms with van der Waals surface area (Å²) in [5.74, 6) is 0. The van der Waals surface area contributed by atoms with Gasteiger partial charge in [-0.15, -0.1) is 0 Å². The zero-order valence-corrected chi connectivity index (χ0v) is 10.1. The molecule has 2 aromatic heterocycles. The Morgan fingerprint density at radius 3 is 2.69 bits per heavy atom. The van der Waals surface area contributed by atoms with Crippen molar-refractivity contribution in [1.82, 2.24) is 19.6 Å². The van der Waals surface area contributed by atoms with Crippen LogP contribution in [0.4, 0.5) is 0 Å². The molecule has 0 amide bonds. The van der Waals surface area contributed by atoms with Crippen LogP contribution in [0.1, 0.15) is 37.7 Å². The van der Waals surface area contributed by atoms with Gasteiger partial charge >= 0.3 is 0 Å². The highest BCUT2D eigenvalue weighted by molar-refractivity contribution is 5.02. The molecule has 16 heavy (non-hydrogen) atoms. The molecule has 0 aliphatic carbocycles. The summed E-state index contributed by atoms with van der Waals surface area (Å²) in [6, 6.07) is 4.53. The molecule has 0 aliphatic heterocycles. The molecule has 2 rings (SSSR count). The van der Waals surface area contributed by atoms with Crippen LogP contribution < -0.4 is 0 Å². The molecule has 4 nitrogen and oxygen atoms in total. The average molecular weight is 218 g/mol. The summed E-state index contributed by atoms with van der Waals surface area (Å²) in [4.78, 5) is 0. The van der Waals surface area contributed by atoms with Gasteiger partial charge in [0.05, 0.1) is 17.9 Å². The van der Waals surface area contributed by atoms with Gasteiger partial charge in [-0.3, -0.25) is 9.36 Å². The van der Waals surface area contributed by atoms with Gasteiger partial charge in [0.25, 0.3) is 0 Å². The van der Waals surface area contributed by atoms with E-state index in [4.69, 9.17) is 0 Å². The third-order valence-electron chi connectivity index (χ3n) is 2.80. The van der Waals surface area contributed by atoms with Crippen molar-refractivity contribution in [2.24, 2.45) is 0 Å². The van der Waals surface area contributed by atoms with E-state index >= 15 is 0 Å². The quantitative estimate of drug-likeness (QED) is 0.790. The van der Waals surface area contributed by atoms with E-state index in [0.717, 1.165) is 24.4 Å². The van der Waals surface area contributed by atoms with Crippen LogP contribution in [0.5, 0.6) is 0 Å². The summed E-state index contributed by atoms with van der Waals surface area (Å²) < 4.78 is 3.93. The zero-order chi connectivity index (χ0) is 11.5. The second-order valence-corrected chi connectivity index (χ2v) is 4.20. The standard InChI is InChI=1S/C12H18N4/c1-4-11(3)16-8-6-12(14-16)9-15-7-5-10(2)13-15/h5-8,11H,4,9H2,1-3H3. The molecule has 0 aromatic carbocycles. The molecule has 0 radical (unpaired) electrons. The van der Waals surface area contributed by atoms with Crippen LogP contribution in [0, 0.1) is 6.92 Å². The Morgan fingerprint density at radius 2 is 2.06 bits per heavy atom. The molecule has 1 atom stereocenters. The molecule has 4 heteroatoms. The highest BCUT2D eigenvalue weighted by Crippen LogP contribution is 2.09. The number of hydrogen-bond acceptors (Lipinski definition) is 2. The molecule has 0 saturated heterocycles. The van der Waals surface area contributed by atoms with E-state index < -0.39 is 0 Å². The van der Waals surface area contributed by atoms with Crippen molar-refractivity contribution in [3.63, 3.8) is 0 Å². The van der Waals surface area contributed by atoms with Crippen molar-refractivity contribution >= 4 is 0 Å². The van der Waals surface area contributed by atoms with Gasteiger partial charge in [0.2, 0.25) is 0 Å². The van der Waals surface area contributed by atoms with Gasteiger partial charge in [-0.05, 0) is 32.4 Å². The molecule has 0 bridgehead atoms. The van der Waals surface area contributed by atoms with Crippen LogP contribution in [-0.2, 0) is 6.54 Å². The number of nitrogens with zero attached hydrogens (tertiary/aromatic N) is 4. The molecule has 2 aromatic rings. The lowest BCUT2D eigenvalue weighted by molar-refractivity contribution is 0.471. The van der Waals surface area contributed by atoms with Gasteiger partial charge in [-0.2, -0.15) is 10.2 Å². The molecule has 0 saturated carbocycles.